The maximum absolute atomic E-state index is 2.49. The Kier molecular flexibility index (Phi) is 5.51. The third-order valence-corrected chi connectivity index (χ3v) is 12.6. The van der Waals surface area contributed by atoms with Crippen LogP contribution < -0.4 is 0 Å². The van der Waals surface area contributed by atoms with Gasteiger partial charge in [-0.3, -0.25) is 0 Å². The van der Waals surface area contributed by atoms with Crippen LogP contribution in [-0.4, -0.2) is 0 Å². The van der Waals surface area contributed by atoms with Gasteiger partial charge in [-0.05, 0) is 99.7 Å². The molecule has 0 nitrogen and oxygen atoms in total. The standard InChI is InChI=1S/C46H26S2/c1-4-12-33-27(9-1)17-20-30-23-39-40(26-38(30)33)44(42-25-32-22-19-29-11-3-6-14-35(29)46(32)48-42)37-16-8-7-15-36(37)43(39)41-24-31-21-18-28-10-2-5-13-34(28)45(31)47-41/h1-26H. The fourth-order valence-corrected chi connectivity index (χ4v) is 10.5. The van der Waals surface area contributed by atoms with Crippen LogP contribution in [0.3, 0.4) is 0 Å². The van der Waals surface area contributed by atoms with Crippen LogP contribution in [0.25, 0.3) is 106 Å². The van der Waals surface area contributed by atoms with Gasteiger partial charge in [0.25, 0.3) is 0 Å². The average molecular weight is 643 g/mol. The first-order chi connectivity index (χ1) is 23.8. The summed E-state index contributed by atoms with van der Waals surface area (Å²) in [6.07, 6.45) is 0. The highest BCUT2D eigenvalue weighted by Gasteiger charge is 2.21. The van der Waals surface area contributed by atoms with Gasteiger partial charge in [-0.1, -0.05) is 133 Å². The quantitative estimate of drug-likeness (QED) is 0.130. The van der Waals surface area contributed by atoms with Crippen LogP contribution in [0.5, 0.6) is 0 Å². The molecule has 0 fully saturated rings. The molecule has 2 aromatic heterocycles. The molecule has 11 aromatic rings. The largest absolute Gasteiger partial charge is 0.135 e. The molecule has 48 heavy (non-hydrogen) atoms. The summed E-state index contributed by atoms with van der Waals surface area (Å²) in [4.78, 5) is 2.63. The van der Waals surface area contributed by atoms with Crippen LogP contribution in [0.1, 0.15) is 0 Å². The summed E-state index contributed by atoms with van der Waals surface area (Å²) in [5.41, 5.74) is 2.66. The molecular weight excluding hydrogens is 617 g/mol. The Morgan fingerprint density at radius 2 is 0.646 bits per heavy atom. The SMILES string of the molecule is c1ccc2c(c1)ccc1cc3c(-c4cc5ccc6ccccc6c5s4)c4ccccc4c(-c4cc5ccc6ccccc6c5s4)c3cc12. The Hall–Kier alpha value is -5.54. The van der Waals surface area contributed by atoms with Crippen molar-refractivity contribution in [1.82, 2.24) is 0 Å². The van der Waals surface area contributed by atoms with Gasteiger partial charge in [0, 0.05) is 30.3 Å². The summed E-state index contributed by atoms with van der Waals surface area (Å²) >= 11 is 3.86. The zero-order valence-corrected chi connectivity index (χ0v) is 27.5. The van der Waals surface area contributed by atoms with Crippen LogP contribution in [-0.2, 0) is 0 Å². The molecule has 222 valence electrons. The van der Waals surface area contributed by atoms with Gasteiger partial charge in [0.05, 0.1) is 0 Å². The molecule has 0 bridgehead atoms. The monoisotopic (exact) mass is 642 g/mol. The molecular formula is C46H26S2. The van der Waals surface area contributed by atoms with Crippen molar-refractivity contribution in [1.29, 1.82) is 0 Å². The highest BCUT2D eigenvalue weighted by Crippen LogP contribution is 2.50. The Labute approximate surface area is 284 Å². The highest BCUT2D eigenvalue weighted by molar-refractivity contribution is 7.24. The maximum Gasteiger partial charge on any atom is 0.0427 e. The number of hydrogen-bond donors (Lipinski definition) is 0. The molecule has 0 saturated carbocycles. The first-order valence-corrected chi connectivity index (χ1v) is 18.1. The predicted molar refractivity (Wildman–Crippen MR) is 213 cm³/mol. The van der Waals surface area contributed by atoms with E-state index in [9.17, 15) is 0 Å². The normalized spacial score (nSPS) is 12.2. The molecule has 0 radical (unpaired) electrons. The second-order valence-corrected chi connectivity index (χ2v) is 14.9. The molecule has 0 unspecified atom stereocenters. The average Bonchev–Trinajstić information content (AvgIpc) is 3.78. The lowest BCUT2D eigenvalue weighted by Crippen LogP contribution is -1.89. The zero-order chi connectivity index (χ0) is 31.3. The van der Waals surface area contributed by atoms with Crippen LogP contribution >= 0.6 is 22.7 Å². The minimum absolute atomic E-state index is 1.27. The van der Waals surface area contributed by atoms with E-state index in [1.165, 1.54) is 106 Å². The second kappa shape index (κ2) is 9.98. The van der Waals surface area contributed by atoms with Crippen molar-refractivity contribution in [3.63, 3.8) is 0 Å². The molecule has 9 aromatic carbocycles. The molecule has 0 aliphatic rings. The number of hydrogen-bond acceptors (Lipinski definition) is 2. The van der Waals surface area contributed by atoms with Gasteiger partial charge in [-0.15, -0.1) is 22.7 Å². The van der Waals surface area contributed by atoms with E-state index in [1.807, 2.05) is 22.7 Å². The Bertz CT molecular complexity index is 3120. The summed E-state index contributed by atoms with van der Waals surface area (Å²) in [6.45, 7) is 0. The van der Waals surface area contributed by atoms with E-state index in [-0.39, 0.29) is 0 Å². The first kappa shape index (κ1) is 26.5. The lowest BCUT2D eigenvalue weighted by molar-refractivity contribution is 1.76. The van der Waals surface area contributed by atoms with Gasteiger partial charge in [-0.2, -0.15) is 0 Å². The zero-order valence-electron chi connectivity index (χ0n) is 25.8. The van der Waals surface area contributed by atoms with E-state index in [2.05, 4.69) is 158 Å². The van der Waals surface area contributed by atoms with Gasteiger partial charge in [-0.25, -0.2) is 0 Å². The smallest absolute Gasteiger partial charge is 0.0427 e. The molecule has 0 spiro atoms. The van der Waals surface area contributed by atoms with Crippen molar-refractivity contribution in [2.75, 3.05) is 0 Å². The fraction of sp³-hybridized carbons (Fsp3) is 0. The lowest BCUT2D eigenvalue weighted by atomic mass is 9.87. The first-order valence-electron chi connectivity index (χ1n) is 16.4. The molecule has 11 rings (SSSR count). The van der Waals surface area contributed by atoms with E-state index in [1.54, 1.807) is 0 Å². The number of rotatable bonds is 2. The fourth-order valence-electron chi connectivity index (χ4n) is 7.99. The second-order valence-electron chi connectivity index (χ2n) is 12.8. The van der Waals surface area contributed by atoms with Crippen molar-refractivity contribution < 1.29 is 0 Å². The molecule has 0 amide bonds. The van der Waals surface area contributed by atoms with Gasteiger partial charge < -0.3 is 0 Å². The Morgan fingerprint density at radius 1 is 0.250 bits per heavy atom. The van der Waals surface area contributed by atoms with E-state index < -0.39 is 0 Å². The van der Waals surface area contributed by atoms with Crippen molar-refractivity contribution in [3.8, 4) is 20.9 Å². The third kappa shape index (κ3) is 3.76. The topological polar surface area (TPSA) is 0 Å². The van der Waals surface area contributed by atoms with Gasteiger partial charge >= 0.3 is 0 Å². The van der Waals surface area contributed by atoms with Crippen LogP contribution in [0.4, 0.5) is 0 Å². The molecule has 2 heteroatoms. The lowest BCUT2D eigenvalue weighted by Gasteiger charge is -2.17. The van der Waals surface area contributed by atoms with Crippen LogP contribution in [0.15, 0.2) is 158 Å². The molecule has 0 N–H and O–H groups in total. The summed E-state index contributed by atoms with van der Waals surface area (Å²) < 4.78 is 2.71. The van der Waals surface area contributed by atoms with Gasteiger partial charge in [0.15, 0.2) is 0 Å². The predicted octanol–water partition coefficient (Wildman–Crippen LogP) is 14.4. The van der Waals surface area contributed by atoms with Gasteiger partial charge in [0.1, 0.15) is 0 Å². The van der Waals surface area contributed by atoms with E-state index in [0.717, 1.165) is 0 Å². The Morgan fingerprint density at radius 3 is 1.19 bits per heavy atom. The number of fused-ring (bicyclic) bond motifs is 11. The van der Waals surface area contributed by atoms with Crippen LogP contribution in [0.2, 0.25) is 0 Å². The molecule has 0 atom stereocenters. The van der Waals surface area contributed by atoms with Crippen molar-refractivity contribution in [3.05, 3.63) is 158 Å². The minimum Gasteiger partial charge on any atom is -0.135 e. The summed E-state index contributed by atoms with van der Waals surface area (Å²) in [6, 6.07) is 58.9. The van der Waals surface area contributed by atoms with E-state index >= 15 is 0 Å². The molecule has 0 aliphatic carbocycles. The van der Waals surface area contributed by atoms with Crippen molar-refractivity contribution in [2.24, 2.45) is 0 Å². The van der Waals surface area contributed by atoms with Crippen LogP contribution in [0, 0.1) is 0 Å². The molecule has 2 heterocycles. The van der Waals surface area contributed by atoms with Crippen molar-refractivity contribution >= 4 is 107 Å². The maximum atomic E-state index is 2.49. The van der Waals surface area contributed by atoms with E-state index in [0.29, 0.717) is 0 Å². The summed E-state index contributed by atoms with van der Waals surface area (Å²) in [7, 11) is 0. The van der Waals surface area contributed by atoms with Crippen molar-refractivity contribution in [2.45, 2.75) is 0 Å². The highest BCUT2D eigenvalue weighted by atomic mass is 32.1. The minimum atomic E-state index is 1.27. The molecule has 0 aliphatic heterocycles. The number of benzene rings is 9. The van der Waals surface area contributed by atoms with Gasteiger partial charge in [0.2, 0.25) is 0 Å². The Balaban J connectivity index is 1.32. The molecule has 0 saturated heterocycles. The number of thiophene rings is 2. The summed E-state index contributed by atoms with van der Waals surface area (Å²) in [5.74, 6) is 0. The van der Waals surface area contributed by atoms with E-state index in [4.69, 9.17) is 0 Å². The third-order valence-electron chi connectivity index (χ3n) is 10.2. The summed E-state index contributed by atoms with van der Waals surface area (Å²) in [5, 5.41) is 18.2.